The second-order valence-electron chi connectivity index (χ2n) is 20.4. The highest BCUT2D eigenvalue weighted by Crippen LogP contribution is 2.40. The van der Waals surface area contributed by atoms with Crippen LogP contribution in [0.2, 0.25) is 0 Å². The van der Waals surface area contributed by atoms with Gasteiger partial charge in [0.2, 0.25) is 17.7 Å². The fourth-order valence-electron chi connectivity index (χ4n) is 10.3. The number of nitrogens with one attached hydrogen (secondary N) is 3. The molecule has 468 valence electrons. The molecule has 0 aromatic carbocycles. The largest absolute Gasteiger partial charge is 0.477 e. The number of carbonyl (C=O) groups is 4. The molecule has 6 aliphatic rings. The van der Waals surface area contributed by atoms with Crippen molar-refractivity contribution in [2.75, 3.05) is 33.0 Å². The van der Waals surface area contributed by atoms with Crippen molar-refractivity contribution in [2.24, 2.45) is 0 Å². The maximum absolute atomic E-state index is 13.1. The molecular formula is C45H75N3O33. The van der Waals surface area contributed by atoms with Gasteiger partial charge < -0.3 is 160 Å². The molecule has 0 aromatic rings. The Morgan fingerprint density at radius 2 is 1.01 bits per heavy atom. The van der Waals surface area contributed by atoms with Crippen LogP contribution < -0.4 is 16.0 Å². The van der Waals surface area contributed by atoms with Crippen molar-refractivity contribution in [2.45, 2.75) is 224 Å². The number of carboxylic acids is 1. The van der Waals surface area contributed by atoms with E-state index in [1.54, 1.807) is 0 Å². The number of hydrogen-bond donors (Lipinski definition) is 21. The van der Waals surface area contributed by atoms with Gasteiger partial charge in [-0.3, -0.25) is 14.4 Å². The van der Waals surface area contributed by atoms with Crippen LogP contribution in [0.3, 0.4) is 0 Å². The van der Waals surface area contributed by atoms with Gasteiger partial charge in [-0.1, -0.05) is 0 Å². The highest BCUT2D eigenvalue weighted by molar-refractivity contribution is 5.77. The second-order valence-corrected chi connectivity index (χ2v) is 20.4. The SMILES string of the molecule is CC(=O)N[C@H]1[C@H](OC[C@H]2OC(O)[C@H](NC(C)=O)[C@@H](O[C@@H]3O[C@H](CO)[C@H](O)[C@H](O[C@]4(C(=O)O)C[C@H](O)[C@@H](NC(C)=O)[C@H]([C@H](O)[C@H](O)CO)O4)[C@H]3O)[C@H]2O)O[C@H](CO)[C@@H](O[C@@H]2O[C@@H](C)[C@@H](O)[C@@H](O)[C@@H]2O)[C@@H]1O[C@@H]1O[C@H](CO)[C@H](O)[C@H](O)[C@H]1O. The molecule has 31 atom stereocenters. The highest BCUT2D eigenvalue weighted by atomic mass is 16.8. The van der Waals surface area contributed by atoms with E-state index in [-0.39, 0.29) is 0 Å². The van der Waals surface area contributed by atoms with Crippen molar-refractivity contribution in [1.29, 1.82) is 0 Å². The summed E-state index contributed by atoms with van der Waals surface area (Å²) in [6.07, 6.45) is -54.6. The monoisotopic (exact) mass is 1190 g/mol. The molecule has 3 amide bonds. The quantitative estimate of drug-likeness (QED) is 0.0507. The lowest BCUT2D eigenvalue weighted by molar-refractivity contribution is -0.383. The summed E-state index contributed by atoms with van der Waals surface area (Å²) in [6, 6.07) is -5.27. The van der Waals surface area contributed by atoms with E-state index in [2.05, 4.69) is 16.0 Å². The minimum absolute atomic E-state index is 0.831. The molecule has 6 rings (SSSR count). The Morgan fingerprint density at radius 1 is 0.531 bits per heavy atom. The van der Waals surface area contributed by atoms with Gasteiger partial charge in [0.05, 0.1) is 51.3 Å². The molecule has 81 heavy (non-hydrogen) atoms. The van der Waals surface area contributed by atoms with Crippen molar-refractivity contribution in [3.63, 3.8) is 0 Å². The number of ether oxygens (including phenoxy) is 11. The van der Waals surface area contributed by atoms with Crippen LogP contribution in [0.25, 0.3) is 0 Å². The van der Waals surface area contributed by atoms with Gasteiger partial charge in [-0.25, -0.2) is 4.79 Å². The van der Waals surface area contributed by atoms with Crippen molar-refractivity contribution in [3.05, 3.63) is 0 Å². The third-order valence-electron chi connectivity index (χ3n) is 14.5. The summed E-state index contributed by atoms with van der Waals surface area (Å²) in [4.78, 5) is 50.6. The first kappa shape index (κ1) is 66.9. The Kier molecular flexibility index (Phi) is 23.4. The van der Waals surface area contributed by atoms with Gasteiger partial charge in [-0.2, -0.15) is 0 Å². The Bertz CT molecular complexity index is 2070. The maximum atomic E-state index is 13.1. The normalized spacial score (nSPS) is 46.7. The fraction of sp³-hybridized carbons (Fsp3) is 0.911. The number of hydrogen-bond acceptors (Lipinski definition) is 32. The number of amides is 3. The zero-order valence-electron chi connectivity index (χ0n) is 43.7. The predicted octanol–water partition coefficient (Wildman–Crippen LogP) is -13.4. The van der Waals surface area contributed by atoms with Crippen LogP contribution in [-0.2, 0) is 71.3 Å². The van der Waals surface area contributed by atoms with E-state index >= 15 is 0 Å². The maximum Gasteiger partial charge on any atom is 0.364 e. The minimum atomic E-state index is -3.22. The summed E-state index contributed by atoms with van der Waals surface area (Å²) in [5.41, 5.74) is 0. The minimum Gasteiger partial charge on any atom is -0.477 e. The number of carbonyl (C=O) groups excluding carboxylic acids is 3. The molecule has 0 radical (unpaired) electrons. The van der Waals surface area contributed by atoms with Gasteiger partial charge >= 0.3 is 5.97 Å². The van der Waals surface area contributed by atoms with Crippen LogP contribution in [0, 0.1) is 0 Å². The first-order chi connectivity index (χ1) is 38.0. The average molecular weight is 1190 g/mol. The van der Waals surface area contributed by atoms with Crippen LogP contribution in [-0.4, -0.2) is 338 Å². The first-order valence-corrected chi connectivity index (χ1v) is 25.6. The molecule has 0 spiro atoms. The fourth-order valence-corrected chi connectivity index (χ4v) is 10.3. The zero-order chi connectivity index (χ0) is 60.3. The molecule has 6 heterocycles. The Morgan fingerprint density at radius 3 is 1.57 bits per heavy atom. The second kappa shape index (κ2) is 28.3. The van der Waals surface area contributed by atoms with E-state index in [1.807, 2.05) is 0 Å². The van der Waals surface area contributed by atoms with Crippen LogP contribution in [0.4, 0.5) is 0 Å². The van der Waals surface area contributed by atoms with Gasteiger partial charge in [-0.15, -0.1) is 0 Å². The molecule has 36 heteroatoms. The van der Waals surface area contributed by atoms with Gasteiger partial charge in [-0.05, 0) is 6.92 Å². The summed E-state index contributed by atoms with van der Waals surface area (Å²) in [5.74, 6) is -7.89. The van der Waals surface area contributed by atoms with Crippen LogP contribution >= 0.6 is 0 Å². The van der Waals surface area contributed by atoms with Crippen molar-refractivity contribution in [3.8, 4) is 0 Å². The van der Waals surface area contributed by atoms with Crippen LogP contribution in [0.15, 0.2) is 0 Å². The first-order valence-electron chi connectivity index (χ1n) is 25.6. The van der Waals surface area contributed by atoms with E-state index in [0.29, 0.717) is 0 Å². The molecule has 6 fully saturated rings. The van der Waals surface area contributed by atoms with E-state index < -0.39 is 253 Å². The molecule has 0 aromatic heterocycles. The Balaban J connectivity index is 1.30. The van der Waals surface area contributed by atoms with Gasteiger partial charge in [0.15, 0.2) is 31.5 Å². The number of carboxylic acid groups (broad SMARTS) is 1. The molecule has 21 N–H and O–H groups in total. The lowest BCUT2D eigenvalue weighted by Gasteiger charge is -2.51. The lowest BCUT2D eigenvalue weighted by Crippen LogP contribution is -2.71. The molecule has 6 saturated heterocycles. The van der Waals surface area contributed by atoms with Gasteiger partial charge in [0.25, 0.3) is 5.79 Å². The average Bonchev–Trinajstić information content (AvgIpc) is 3.41. The van der Waals surface area contributed by atoms with E-state index in [0.717, 1.165) is 20.8 Å². The summed E-state index contributed by atoms with van der Waals surface area (Å²) in [7, 11) is 0. The number of rotatable bonds is 21. The summed E-state index contributed by atoms with van der Waals surface area (Å²) >= 11 is 0. The van der Waals surface area contributed by atoms with E-state index in [9.17, 15) is 111 Å². The summed E-state index contributed by atoms with van der Waals surface area (Å²) < 4.78 is 63.9. The molecule has 0 aliphatic carbocycles. The van der Waals surface area contributed by atoms with E-state index in [4.69, 9.17) is 52.1 Å². The van der Waals surface area contributed by atoms with Crippen LogP contribution in [0.1, 0.15) is 34.1 Å². The standard InChI is InChI=1S/C45H75N3O33/c1-11-24(58)29(63)31(65)41(72-11)77-34-19(9-52)76-40(23(48-14(4)55)37(34)79-42-32(66)30(64)26(60)17(7-50)74-42)71-10-20-28(62)35(22(39(68)73-20)47-13(3)54)78-43-33(67)38(27(61)18(8-51)75-43)81-45(44(69)70)5-15(56)21(46-12(2)53)36(80-45)25(59)16(57)6-49/h11,15-43,49-52,56-68H,5-10H2,1-4H3,(H,46,53)(H,47,54)(H,48,55)(H,69,70)/t11-,15-,16+,17+,18+,19+,20+,21+,22+,23+,24+,25+,26-,27-,28-,29+,30-,31-,32+,33+,34+,35+,36+,37+,38-,39?,40+,41-,42-,43-,45-/m0/s1. The van der Waals surface area contributed by atoms with Gasteiger partial charge in [0, 0.05) is 27.2 Å². The zero-order valence-corrected chi connectivity index (χ0v) is 43.7. The molecule has 1 unspecified atom stereocenters. The number of aliphatic hydroxyl groups is 17. The molecule has 6 aliphatic heterocycles. The van der Waals surface area contributed by atoms with Crippen molar-refractivity contribution in [1.82, 2.24) is 16.0 Å². The topological polar surface area (TPSA) is 570 Å². The van der Waals surface area contributed by atoms with Gasteiger partial charge in [0.1, 0.15) is 134 Å². The summed E-state index contributed by atoms with van der Waals surface area (Å²) in [6.45, 7) is -0.979. The third-order valence-corrected chi connectivity index (χ3v) is 14.5. The number of aliphatic hydroxyl groups excluding tert-OH is 17. The lowest BCUT2D eigenvalue weighted by atomic mass is 9.88. The Labute approximate surface area is 459 Å². The molecule has 36 nitrogen and oxygen atoms in total. The summed E-state index contributed by atoms with van der Waals surface area (Å²) in [5, 5.41) is 201. The molecular weight excluding hydrogens is 1110 g/mol. The predicted molar refractivity (Wildman–Crippen MR) is 250 cm³/mol. The molecule has 0 bridgehead atoms. The smallest absolute Gasteiger partial charge is 0.364 e. The highest BCUT2D eigenvalue weighted by Gasteiger charge is 2.61. The molecule has 0 saturated carbocycles. The van der Waals surface area contributed by atoms with Crippen molar-refractivity contribution < 1.29 is 163 Å². The van der Waals surface area contributed by atoms with E-state index in [1.165, 1.54) is 6.92 Å². The Hall–Kier alpha value is -3.24. The van der Waals surface area contributed by atoms with Crippen molar-refractivity contribution >= 4 is 23.7 Å². The van der Waals surface area contributed by atoms with Crippen LogP contribution in [0.5, 0.6) is 0 Å². The number of aliphatic carboxylic acids is 1. The third kappa shape index (κ3) is 14.7.